The predicted octanol–water partition coefficient (Wildman–Crippen LogP) is 2.77. The summed E-state index contributed by atoms with van der Waals surface area (Å²) in [6.07, 6.45) is 2.49. The van der Waals surface area contributed by atoms with Crippen molar-refractivity contribution < 1.29 is 4.39 Å². The quantitative estimate of drug-likeness (QED) is 0.843. The van der Waals surface area contributed by atoms with Crippen LogP contribution in [0.1, 0.15) is 11.3 Å². The molecule has 0 N–H and O–H groups in total. The number of benzene rings is 1. The van der Waals surface area contributed by atoms with Gasteiger partial charge < -0.3 is 4.90 Å². The summed E-state index contributed by atoms with van der Waals surface area (Å²) in [4.78, 5) is 6.06. The first-order valence-corrected chi connectivity index (χ1v) is 6.01. The van der Waals surface area contributed by atoms with Crippen molar-refractivity contribution in [3.63, 3.8) is 0 Å². The van der Waals surface area contributed by atoms with Gasteiger partial charge in [0.1, 0.15) is 5.82 Å². The van der Waals surface area contributed by atoms with Crippen LogP contribution in [0.3, 0.4) is 0 Å². The Morgan fingerprint density at radius 2 is 2.16 bits per heavy atom. The van der Waals surface area contributed by atoms with Crippen LogP contribution in [0.25, 0.3) is 0 Å². The van der Waals surface area contributed by atoms with E-state index < -0.39 is 0 Å². The standard InChI is InChI=1S/C15H14FN3/c1-19(9-7-13-4-2-3-8-18-13)15-6-5-12(11-17)10-14(15)16/h2-6,8,10H,7,9H2,1H3. The first kappa shape index (κ1) is 13.0. The third kappa shape index (κ3) is 3.29. The molecule has 0 saturated heterocycles. The van der Waals surface area contributed by atoms with Crippen molar-refractivity contribution in [2.24, 2.45) is 0 Å². The molecule has 0 spiro atoms. The Morgan fingerprint density at radius 1 is 1.32 bits per heavy atom. The Bertz CT molecular complexity index is 590. The lowest BCUT2D eigenvalue weighted by Gasteiger charge is -2.19. The van der Waals surface area contributed by atoms with Crippen LogP contribution in [0.15, 0.2) is 42.6 Å². The van der Waals surface area contributed by atoms with Crippen LogP contribution in [0, 0.1) is 17.1 Å². The summed E-state index contributed by atoms with van der Waals surface area (Å²) in [5.74, 6) is -0.373. The van der Waals surface area contributed by atoms with E-state index in [0.29, 0.717) is 17.8 Å². The molecule has 0 radical (unpaired) electrons. The van der Waals surface area contributed by atoms with Gasteiger partial charge in [0.25, 0.3) is 0 Å². The fourth-order valence-corrected chi connectivity index (χ4v) is 1.83. The van der Waals surface area contributed by atoms with Crippen molar-refractivity contribution in [2.75, 3.05) is 18.5 Å². The fraction of sp³-hybridized carbons (Fsp3) is 0.200. The molecule has 0 aliphatic rings. The molecule has 0 aliphatic carbocycles. The van der Waals surface area contributed by atoms with Gasteiger partial charge in [-0.25, -0.2) is 4.39 Å². The van der Waals surface area contributed by atoms with Crippen LogP contribution in [0.4, 0.5) is 10.1 Å². The van der Waals surface area contributed by atoms with E-state index in [1.54, 1.807) is 18.3 Å². The van der Waals surface area contributed by atoms with Crippen molar-refractivity contribution in [3.8, 4) is 6.07 Å². The van der Waals surface area contributed by atoms with Crippen LogP contribution >= 0.6 is 0 Å². The Morgan fingerprint density at radius 3 is 2.79 bits per heavy atom. The molecule has 19 heavy (non-hydrogen) atoms. The highest BCUT2D eigenvalue weighted by atomic mass is 19.1. The van der Waals surface area contributed by atoms with Gasteiger partial charge >= 0.3 is 0 Å². The third-order valence-electron chi connectivity index (χ3n) is 2.92. The minimum Gasteiger partial charge on any atom is -0.372 e. The minimum absolute atomic E-state index is 0.333. The second-order valence-corrected chi connectivity index (χ2v) is 4.27. The summed E-state index contributed by atoms with van der Waals surface area (Å²) in [6.45, 7) is 0.667. The summed E-state index contributed by atoms with van der Waals surface area (Å²) >= 11 is 0. The molecule has 96 valence electrons. The number of anilines is 1. The molecule has 1 heterocycles. The molecule has 0 fully saturated rings. The predicted molar refractivity (Wildman–Crippen MR) is 72.3 cm³/mol. The summed E-state index contributed by atoms with van der Waals surface area (Å²) in [5, 5.41) is 8.71. The topological polar surface area (TPSA) is 39.9 Å². The zero-order valence-corrected chi connectivity index (χ0v) is 10.7. The smallest absolute Gasteiger partial charge is 0.147 e. The highest BCUT2D eigenvalue weighted by Gasteiger charge is 2.08. The highest BCUT2D eigenvalue weighted by Crippen LogP contribution is 2.19. The van der Waals surface area contributed by atoms with E-state index in [0.717, 1.165) is 12.1 Å². The molecule has 4 heteroatoms. The molecule has 3 nitrogen and oxygen atoms in total. The molecule has 0 unspecified atom stereocenters. The maximum Gasteiger partial charge on any atom is 0.147 e. The van der Waals surface area contributed by atoms with E-state index in [2.05, 4.69) is 4.98 Å². The van der Waals surface area contributed by atoms with Crippen LogP contribution in [0.2, 0.25) is 0 Å². The summed E-state index contributed by atoms with van der Waals surface area (Å²) < 4.78 is 13.8. The van der Waals surface area contributed by atoms with E-state index in [1.807, 2.05) is 36.2 Å². The Labute approximate surface area is 111 Å². The van der Waals surface area contributed by atoms with Crippen LogP contribution in [-0.4, -0.2) is 18.6 Å². The zero-order valence-electron chi connectivity index (χ0n) is 10.7. The summed E-state index contributed by atoms with van der Waals surface area (Å²) in [5.41, 5.74) is 1.80. The van der Waals surface area contributed by atoms with Gasteiger partial charge in [-0.05, 0) is 30.3 Å². The van der Waals surface area contributed by atoms with E-state index in [9.17, 15) is 4.39 Å². The molecule has 0 saturated carbocycles. The highest BCUT2D eigenvalue weighted by molar-refractivity contribution is 5.50. The van der Waals surface area contributed by atoms with Crippen molar-refractivity contribution in [3.05, 3.63) is 59.7 Å². The number of rotatable bonds is 4. The lowest BCUT2D eigenvalue weighted by Crippen LogP contribution is -2.21. The van der Waals surface area contributed by atoms with E-state index >= 15 is 0 Å². The molecule has 0 amide bonds. The van der Waals surface area contributed by atoms with Crippen LogP contribution < -0.4 is 4.90 Å². The van der Waals surface area contributed by atoms with E-state index in [1.165, 1.54) is 6.07 Å². The number of hydrogen-bond acceptors (Lipinski definition) is 3. The minimum atomic E-state index is -0.373. The zero-order chi connectivity index (χ0) is 13.7. The first-order chi connectivity index (χ1) is 9.20. The molecular formula is C15H14FN3. The van der Waals surface area contributed by atoms with Gasteiger partial charge in [-0.3, -0.25) is 4.98 Å². The molecule has 2 rings (SSSR count). The Balaban J connectivity index is 2.04. The van der Waals surface area contributed by atoms with Gasteiger partial charge in [0, 0.05) is 31.9 Å². The van der Waals surface area contributed by atoms with Crippen LogP contribution in [-0.2, 0) is 6.42 Å². The van der Waals surface area contributed by atoms with Crippen molar-refractivity contribution in [2.45, 2.75) is 6.42 Å². The molecule has 2 aromatic rings. The maximum atomic E-state index is 13.8. The van der Waals surface area contributed by atoms with Gasteiger partial charge in [-0.1, -0.05) is 6.07 Å². The summed E-state index contributed by atoms with van der Waals surface area (Å²) in [7, 11) is 1.83. The monoisotopic (exact) mass is 255 g/mol. The van der Waals surface area contributed by atoms with Crippen molar-refractivity contribution >= 4 is 5.69 Å². The Hall–Kier alpha value is -2.41. The van der Waals surface area contributed by atoms with E-state index in [-0.39, 0.29) is 5.82 Å². The average molecular weight is 255 g/mol. The van der Waals surface area contributed by atoms with E-state index in [4.69, 9.17) is 5.26 Å². The lowest BCUT2D eigenvalue weighted by atomic mass is 10.2. The number of hydrogen-bond donors (Lipinski definition) is 0. The number of halogens is 1. The third-order valence-corrected chi connectivity index (χ3v) is 2.92. The number of pyridine rings is 1. The largest absolute Gasteiger partial charge is 0.372 e. The van der Waals surface area contributed by atoms with Crippen LogP contribution in [0.5, 0.6) is 0 Å². The number of nitriles is 1. The number of aromatic nitrogens is 1. The first-order valence-electron chi connectivity index (χ1n) is 6.01. The van der Waals surface area contributed by atoms with Gasteiger partial charge in [0.2, 0.25) is 0 Å². The molecular weight excluding hydrogens is 241 g/mol. The second kappa shape index (κ2) is 5.96. The van der Waals surface area contributed by atoms with Gasteiger partial charge in [-0.2, -0.15) is 5.26 Å². The lowest BCUT2D eigenvalue weighted by molar-refractivity contribution is 0.621. The molecule has 1 aromatic carbocycles. The number of nitrogens with zero attached hydrogens (tertiary/aromatic N) is 3. The fourth-order valence-electron chi connectivity index (χ4n) is 1.83. The SMILES string of the molecule is CN(CCc1ccccn1)c1ccc(C#N)cc1F. The molecule has 0 bridgehead atoms. The average Bonchev–Trinajstić information content (AvgIpc) is 2.45. The van der Waals surface area contributed by atoms with Gasteiger partial charge in [-0.15, -0.1) is 0 Å². The second-order valence-electron chi connectivity index (χ2n) is 4.27. The van der Waals surface area contributed by atoms with Gasteiger partial charge in [0.15, 0.2) is 0 Å². The molecule has 0 aliphatic heterocycles. The number of likely N-dealkylation sites (N-methyl/N-ethyl adjacent to an activating group) is 1. The normalized spacial score (nSPS) is 9.95. The van der Waals surface area contributed by atoms with Gasteiger partial charge in [0.05, 0.1) is 17.3 Å². The van der Waals surface area contributed by atoms with Crippen molar-refractivity contribution in [1.82, 2.24) is 4.98 Å². The Kier molecular flexibility index (Phi) is 4.09. The van der Waals surface area contributed by atoms with Crippen molar-refractivity contribution in [1.29, 1.82) is 5.26 Å². The maximum absolute atomic E-state index is 13.8. The molecule has 0 atom stereocenters. The summed E-state index contributed by atoms with van der Waals surface area (Å²) in [6, 6.07) is 12.2. The molecule has 1 aromatic heterocycles.